The first-order chi connectivity index (χ1) is 33.2. The zero-order chi connectivity index (χ0) is 44.6. The van der Waals surface area contributed by atoms with Crippen LogP contribution in [0, 0.1) is 5.92 Å². The molecule has 0 N–H and O–H groups in total. The van der Waals surface area contributed by atoms with Gasteiger partial charge >= 0.3 is 0 Å². The summed E-state index contributed by atoms with van der Waals surface area (Å²) in [5.41, 5.74) is 20.9. The molecule has 0 bridgehead atoms. The van der Waals surface area contributed by atoms with Crippen LogP contribution in [0.1, 0.15) is 83.0 Å². The number of hydrogen-bond donors (Lipinski definition) is 0. The SMILES string of the molecule is C1=CCC(N(C2=CC3=C(CC2)c2ccc(/C=C/C4=CCC(C5=CC=C(C(c6ccccc6)(c6ccccc6)c6ccccc6)CC5)C=C4)cc2C32Cc3ccccc3C2)c2ccccc2)C=C1. The monoisotopic (exact) mass is 863 g/mol. The molecule has 67 heavy (non-hydrogen) atoms. The van der Waals surface area contributed by atoms with Crippen LogP contribution in [0.5, 0.6) is 0 Å². The largest absolute Gasteiger partial charge is 0.338 e. The second kappa shape index (κ2) is 17.5. The van der Waals surface area contributed by atoms with Gasteiger partial charge in [-0.1, -0.05) is 230 Å². The smallest absolute Gasteiger partial charge is 0.0664 e. The van der Waals surface area contributed by atoms with E-state index >= 15 is 0 Å². The minimum atomic E-state index is -0.353. The predicted octanol–water partition coefficient (Wildman–Crippen LogP) is 15.8. The van der Waals surface area contributed by atoms with Crippen molar-refractivity contribution < 1.29 is 0 Å². The molecule has 0 aliphatic heterocycles. The predicted molar refractivity (Wildman–Crippen MR) is 281 cm³/mol. The summed E-state index contributed by atoms with van der Waals surface area (Å²) >= 11 is 0. The summed E-state index contributed by atoms with van der Waals surface area (Å²) in [6, 6.07) is 61.3. The maximum Gasteiger partial charge on any atom is 0.0664 e. The first kappa shape index (κ1) is 41.2. The van der Waals surface area contributed by atoms with Gasteiger partial charge in [0.15, 0.2) is 0 Å². The summed E-state index contributed by atoms with van der Waals surface area (Å²) in [5, 5.41) is 0. The molecule has 2 unspecified atom stereocenters. The fourth-order valence-corrected chi connectivity index (χ4v) is 12.6. The van der Waals surface area contributed by atoms with E-state index in [1.807, 2.05) is 0 Å². The molecule has 12 rings (SSSR count). The molecule has 1 spiro atoms. The van der Waals surface area contributed by atoms with E-state index in [9.17, 15) is 0 Å². The van der Waals surface area contributed by atoms with Gasteiger partial charge in [0, 0.05) is 22.7 Å². The number of rotatable bonds is 10. The van der Waals surface area contributed by atoms with E-state index in [0.717, 1.165) is 51.4 Å². The summed E-state index contributed by atoms with van der Waals surface area (Å²) in [4.78, 5) is 2.62. The minimum Gasteiger partial charge on any atom is -0.338 e. The van der Waals surface area contributed by atoms with E-state index in [1.165, 1.54) is 72.6 Å². The van der Waals surface area contributed by atoms with E-state index in [-0.39, 0.29) is 10.8 Å². The van der Waals surface area contributed by atoms with Crippen LogP contribution in [-0.2, 0) is 23.7 Å². The molecule has 2 atom stereocenters. The molecule has 326 valence electrons. The van der Waals surface area contributed by atoms with Crippen molar-refractivity contribution in [3.8, 4) is 0 Å². The number of para-hydroxylation sites is 1. The molecule has 1 heteroatoms. The molecule has 6 aliphatic rings. The molecular formula is C66H57N. The number of allylic oxidation sites excluding steroid dienone is 15. The van der Waals surface area contributed by atoms with Crippen molar-refractivity contribution in [1.82, 2.24) is 0 Å². The van der Waals surface area contributed by atoms with E-state index < -0.39 is 0 Å². The average Bonchev–Trinajstić information content (AvgIpc) is 3.92. The number of fused-ring (bicyclic) bond motifs is 5. The van der Waals surface area contributed by atoms with Gasteiger partial charge in [0.25, 0.3) is 0 Å². The highest BCUT2D eigenvalue weighted by Gasteiger charge is 2.49. The Bertz CT molecular complexity index is 2990. The molecule has 0 radical (unpaired) electrons. The lowest BCUT2D eigenvalue weighted by atomic mass is 9.62. The van der Waals surface area contributed by atoms with E-state index in [1.54, 1.807) is 11.1 Å². The van der Waals surface area contributed by atoms with Crippen molar-refractivity contribution in [2.75, 3.05) is 4.90 Å². The Labute approximate surface area is 397 Å². The van der Waals surface area contributed by atoms with Gasteiger partial charge in [-0.2, -0.15) is 0 Å². The Hall–Kier alpha value is -7.22. The molecule has 0 saturated heterocycles. The lowest BCUT2D eigenvalue weighted by Gasteiger charge is -2.40. The van der Waals surface area contributed by atoms with Crippen LogP contribution in [-0.4, -0.2) is 6.04 Å². The van der Waals surface area contributed by atoms with Crippen LogP contribution in [0.25, 0.3) is 11.6 Å². The number of anilines is 1. The summed E-state index contributed by atoms with van der Waals surface area (Å²) in [7, 11) is 0. The second-order valence-corrected chi connectivity index (χ2v) is 19.4. The van der Waals surface area contributed by atoms with Crippen LogP contribution < -0.4 is 4.90 Å². The first-order valence-corrected chi connectivity index (χ1v) is 24.6. The average molecular weight is 864 g/mol. The van der Waals surface area contributed by atoms with Gasteiger partial charge in [-0.3, -0.25) is 0 Å². The normalized spacial score (nSPS) is 20.2. The van der Waals surface area contributed by atoms with E-state index in [0.29, 0.717) is 12.0 Å². The molecule has 1 nitrogen and oxygen atoms in total. The van der Waals surface area contributed by atoms with Gasteiger partial charge in [0.2, 0.25) is 0 Å². The van der Waals surface area contributed by atoms with E-state index in [2.05, 4.69) is 242 Å². The quantitative estimate of drug-likeness (QED) is 0.124. The fraction of sp³-hybridized carbons (Fsp3) is 0.182. The van der Waals surface area contributed by atoms with Gasteiger partial charge in [-0.15, -0.1) is 0 Å². The highest BCUT2D eigenvalue weighted by atomic mass is 15.2. The second-order valence-electron chi connectivity index (χ2n) is 19.4. The molecule has 0 saturated carbocycles. The van der Waals surface area contributed by atoms with Crippen molar-refractivity contribution >= 4 is 17.3 Å². The molecule has 0 heterocycles. The molecule has 0 fully saturated rings. The molecule has 6 aliphatic carbocycles. The highest BCUT2D eigenvalue weighted by Crippen LogP contribution is 2.58. The van der Waals surface area contributed by atoms with Gasteiger partial charge in [-0.25, -0.2) is 0 Å². The number of benzene rings is 6. The third-order valence-electron chi connectivity index (χ3n) is 15.8. The van der Waals surface area contributed by atoms with Crippen LogP contribution in [0.2, 0.25) is 0 Å². The summed E-state index contributed by atoms with van der Waals surface area (Å²) < 4.78 is 0. The van der Waals surface area contributed by atoms with Gasteiger partial charge < -0.3 is 4.90 Å². The van der Waals surface area contributed by atoms with Gasteiger partial charge in [0.1, 0.15) is 0 Å². The minimum absolute atomic E-state index is 0.0588. The Balaban J connectivity index is 0.817. The molecular weight excluding hydrogens is 807 g/mol. The Morgan fingerprint density at radius 3 is 1.84 bits per heavy atom. The standard InChI is InChI=1S/C66H57N/c1-6-20-54(21-7-1)66(55-22-8-2-9-23-55,56-24-10-3-11-25-56)57-39-37-51(38-40-57)50-35-32-48(33-36-50)30-31-49-34-42-61-62-43-41-60(67(58-26-12-4-13-27-58)59-28-14-5-15-29-59)45-64(62)65(63(61)44-49)46-52-18-16-17-19-53(52)47-65/h1-28,30-35,37,39,42,44-45,50,59H,29,36,38,40-41,43,46-47H2/b31-30+. The lowest BCUT2D eigenvalue weighted by molar-refractivity contribution is 0.554. The van der Waals surface area contributed by atoms with Gasteiger partial charge in [0.05, 0.1) is 11.5 Å². The Morgan fingerprint density at radius 1 is 0.582 bits per heavy atom. The molecule has 6 aromatic rings. The molecule has 0 aromatic heterocycles. The summed E-state index contributed by atoms with van der Waals surface area (Å²) in [5.74, 6) is 0.414. The lowest BCUT2D eigenvalue weighted by Crippen LogP contribution is -2.35. The molecule has 6 aromatic carbocycles. The molecule has 0 amide bonds. The topological polar surface area (TPSA) is 3.24 Å². The number of hydrogen-bond acceptors (Lipinski definition) is 1. The van der Waals surface area contributed by atoms with Gasteiger partial charge in [-0.05, 0) is 131 Å². The third-order valence-corrected chi connectivity index (χ3v) is 15.8. The van der Waals surface area contributed by atoms with Crippen LogP contribution in [0.15, 0.2) is 259 Å². The highest BCUT2D eigenvalue weighted by molar-refractivity contribution is 5.86. The maximum atomic E-state index is 2.62. The number of nitrogens with zero attached hydrogens (tertiary/aromatic N) is 1. The zero-order valence-corrected chi connectivity index (χ0v) is 38.3. The Kier molecular flexibility index (Phi) is 10.8. The van der Waals surface area contributed by atoms with Crippen molar-refractivity contribution in [1.29, 1.82) is 0 Å². The Morgan fingerprint density at radius 2 is 1.24 bits per heavy atom. The van der Waals surface area contributed by atoms with Crippen molar-refractivity contribution in [2.24, 2.45) is 5.92 Å². The summed E-state index contributed by atoms with van der Waals surface area (Å²) in [6.07, 6.45) is 36.9. The third kappa shape index (κ3) is 7.33. The van der Waals surface area contributed by atoms with Crippen molar-refractivity contribution in [2.45, 2.75) is 68.2 Å². The van der Waals surface area contributed by atoms with E-state index in [4.69, 9.17) is 0 Å². The zero-order valence-electron chi connectivity index (χ0n) is 38.3. The van der Waals surface area contributed by atoms with Crippen LogP contribution in [0.3, 0.4) is 0 Å². The first-order valence-electron chi connectivity index (χ1n) is 24.6. The van der Waals surface area contributed by atoms with Crippen LogP contribution in [0.4, 0.5) is 5.69 Å². The van der Waals surface area contributed by atoms with Crippen molar-refractivity contribution in [3.63, 3.8) is 0 Å². The van der Waals surface area contributed by atoms with Crippen LogP contribution >= 0.6 is 0 Å². The maximum absolute atomic E-state index is 2.62. The fourth-order valence-electron chi connectivity index (χ4n) is 12.6. The van der Waals surface area contributed by atoms with Crippen molar-refractivity contribution in [3.05, 3.63) is 303 Å². The summed E-state index contributed by atoms with van der Waals surface area (Å²) in [6.45, 7) is 0.